The van der Waals surface area contributed by atoms with E-state index < -0.39 is 11.4 Å². The quantitative estimate of drug-likeness (QED) is 0.332. The van der Waals surface area contributed by atoms with Gasteiger partial charge in [-0.15, -0.1) is 0 Å². The van der Waals surface area contributed by atoms with Crippen molar-refractivity contribution in [1.29, 1.82) is 0 Å². The van der Waals surface area contributed by atoms with E-state index in [0.29, 0.717) is 21.2 Å². The molecule has 0 bridgehead atoms. The molecule has 0 aliphatic carbocycles. The SMILES string of the molecule is O=C(Oc1c(-c2ccc(Cl)cc2Cl)oc2ccccc2c1=O)c1ccc(Cl)cc1. The first kappa shape index (κ1) is 19.5. The second-order valence-corrected chi connectivity index (χ2v) is 7.39. The first-order chi connectivity index (χ1) is 13.9. The lowest BCUT2D eigenvalue weighted by molar-refractivity contribution is 0.0731. The lowest BCUT2D eigenvalue weighted by Crippen LogP contribution is -2.16. The van der Waals surface area contributed by atoms with Gasteiger partial charge >= 0.3 is 5.97 Å². The topological polar surface area (TPSA) is 56.5 Å². The summed E-state index contributed by atoms with van der Waals surface area (Å²) in [5.74, 6) is -0.943. The highest BCUT2D eigenvalue weighted by atomic mass is 35.5. The molecule has 0 saturated carbocycles. The van der Waals surface area contributed by atoms with Gasteiger partial charge in [0.1, 0.15) is 5.58 Å². The molecule has 0 N–H and O–H groups in total. The Morgan fingerprint density at radius 3 is 2.28 bits per heavy atom. The van der Waals surface area contributed by atoms with Gasteiger partial charge in [0.05, 0.1) is 16.0 Å². The van der Waals surface area contributed by atoms with E-state index in [-0.39, 0.29) is 27.5 Å². The van der Waals surface area contributed by atoms with E-state index in [4.69, 9.17) is 44.0 Å². The number of hydrogen-bond donors (Lipinski definition) is 0. The van der Waals surface area contributed by atoms with Crippen LogP contribution in [0.2, 0.25) is 15.1 Å². The molecular formula is C22H11Cl3O4. The second-order valence-electron chi connectivity index (χ2n) is 6.11. The minimum absolute atomic E-state index is 0.0395. The molecule has 0 atom stereocenters. The Labute approximate surface area is 180 Å². The molecule has 0 amide bonds. The largest absolute Gasteiger partial charge is 0.452 e. The maximum atomic E-state index is 13.1. The number of para-hydroxylation sites is 1. The lowest BCUT2D eigenvalue weighted by Gasteiger charge is -2.12. The van der Waals surface area contributed by atoms with Crippen LogP contribution >= 0.6 is 34.8 Å². The standard InChI is InChI=1S/C22H11Cl3O4/c23-13-7-5-12(6-8-13)22(27)29-21-19(26)16-3-1-2-4-18(16)28-20(21)15-10-9-14(24)11-17(15)25/h1-11H. The fraction of sp³-hybridized carbons (Fsp3) is 0. The molecule has 3 aromatic carbocycles. The minimum atomic E-state index is -0.726. The predicted molar refractivity (Wildman–Crippen MR) is 114 cm³/mol. The van der Waals surface area contributed by atoms with Gasteiger partial charge in [-0.2, -0.15) is 0 Å². The van der Waals surface area contributed by atoms with Crippen LogP contribution in [0, 0.1) is 0 Å². The molecule has 0 radical (unpaired) electrons. The van der Waals surface area contributed by atoms with Gasteiger partial charge in [0.2, 0.25) is 11.2 Å². The van der Waals surface area contributed by atoms with Crippen molar-refractivity contribution in [1.82, 2.24) is 0 Å². The highest BCUT2D eigenvalue weighted by Crippen LogP contribution is 2.36. The van der Waals surface area contributed by atoms with Crippen LogP contribution in [0.5, 0.6) is 5.75 Å². The highest BCUT2D eigenvalue weighted by molar-refractivity contribution is 6.36. The smallest absolute Gasteiger partial charge is 0.343 e. The van der Waals surface area contributed by atoms with Gasteiger partial charge in [-0.05, 0) is 54.6 Å². The summed E-state index contributed by atoms with van der Waals surface area (Å²) < 4.78 is 11.4. The molecule has 0 fully saturated rings. The van der Waals surface area contributed by atoms with Crippen LogP contribution in [0.25, 0.3) is 22.3 Å². The number of benzene rings is 3. The molecule has 29 heavy (non-hydrogen) atoms. The molecule has 0 saturated heterocycles. The molecule has 1 heterocycles. The number of ether oxygens (including phenoxy) is 1. The van der Waals surface area contributed by atoms with Gasteiger partial charge in [0.25, 0.3) is 0 Å². The average Bonchev–Trinajstić information content (AvgIpc) is 2.71. The van der Waals surface area contributed by atoms with Gasteiger partial charge in [0.15, 0.2) is 5.76 Å². The van der Waals surface area contributed by atoms with Crippen molar-refractivity contribution < 1.29 is 13.9 Å². The molecule has 0 aliphatic rings. The summed E-state index contributed by atoms with van der Waals surface area (Å²) in [5.41, 5.74) is 0.452. The number of rotatable bonds is 3. The van der Waals surface area contributed by atoms with E-state index in [1.807, 2.05) is 0 Å². The molecule has 0 spiro atoms. The van der Waals surface area contributed by atoms with Crippen LogP contribution in [-0.2, 0) is 0 Å². The molecule has 4 aromatic rings. The molecule has 7 heteroatoms. The zero-order valence-electron chi connectivity index (χ0n) is 14.6. The molecule has 1 aromatic heterocycles. The van der Waals surface area contributed by atoms with Crippen LogP contribution in [-0.4, -0.2) is 5.97 Å². The summed E-state index contributed by atoms with van der Waals surface area (Å²) in [5, 5.41) is 1.42. The van der Waals surface area contributed by atoms with Crippen LogP contribution < -0.4 is 10.2 Å². The zero-order valence-corrected chi connectivity index (χ0v) is 16.9. The van der Waals surface area contributed by atoms with Crippen LogP contribution in [0.3, 0.4) is 0 Å². The van der Waals surface area contributed by atoms with Crippen molar-refractivity contribution in [2.24, 2.45) is 0 Å². The van der Waals surface area contributed by atoms with Gasteiger partial charge < -0.3 is 9.15 Å². The Kier molecular flexibility index (Phi) is 5.33. The fourth-order valence-corrected chi connectivity index (χ4v) is 3.43. The average molecular weight is 446 g/mol. The van der Waals surface area contributed by atoms with E-state index in [2.05, 4.69) is 0 Å². The van der Waals surface area contributed by atoms with Crippen molar-refractivity contribution in [2.45, 2.75) is 0 Å². The van der Waals surface area contributed by atoms with Crippen molar-refractivity contribution >= 4 is 51.7 Å². The minimum Gasteiger partial charge on any atom is -0.452 e. The number of esters is 1. The van der Waals surface area contributed by atoms with E-state index in [0.717, 1.165) is 0 Å². The monoisotopic (exact) mass is 444 g/mol. The van der Waals surface area contributed by atoms with Gasteiger partial charge in [-0.25, -0.2) is 4.79 Å². The van der Waals surface area contributed by atoms with Gasteiger partial charge in [-0.1, -0.05) is 46.9 Å². The lowest BCUT2D eigenvalue weighted by atomic mass is 10.1. The maximum absolute atomic E-state index is 13.1. The van der Waals surface area contributed by atoms with Crippen molar-refractivity contribution in [3.63, 3.8) is 0 Å². The van der Waals surface area contributed by atoms with Crippen molar-refractivity contribution in [3.8, 4) is 17.1 Å². The number of hydrogen-bond acceptors (Lipinski definition) is 4. The zero-order chi connectivity index (χ0) is 20.5. The third-order valence-electron chi connectivity index (χ3n) is 4.21. The van der Waals surface area contributed by atoms with E-state index in [9.17, 15) is 9.59 Å². The van der Waals surface area contributed by atoms with Gasteiger partial charge in [0, 0.05) is 15.6 Å². The Balaban J connectivity index is 1.91. The summed E-state index contributed by atoms with van der Waals surface area (Å²) in [6.45, 7) is 0. The molecule has 144 valence electrons. The predicted octanol–water partition coefficient (Wildman–Crippen LogP) is 6.64. The van der Waals surface area contributed by atoms with Gasteiger partial charge in [-0.3, -0.25) is 4.79 Å². The summed E-state index contributed by atoms with van der Waals surface area (Å²) >= 11 is 18.1. The molecule has 4 rings (SSSR count). The summed E-state index contributed by atoms with van der Waals surface area (Å²) in [4.78, 5) is 25.7. The number of carbonyl (C=O) groups is 1. The molecule has 4 nitrogen and oxygen atoms in total. The van der Waals surface area contributed by atoms with E-state index in [1.54, 1.807) is 48.5 Å². The normalized spacial score (nSPS) is 10.9. The first-order valence-electron chi connectivity index (χ1n) is 8.43. The van der Waals surface area contributed by atoms with E-state index in [1.165, 1.54) is 18.2 Å². The van der Waals surface area contributed by atoms with Crippen LogP contribution in [0.1, 0.15) is 10.4 Å². The molecular weight excluding hydrogens is 435 g/mol. The third kappa shape index (κ3) is 3.87. The first-order valence-corrected chi connectivity index (χ1v) is 9.56. The second kappa shape index (κ2) is 7.91. The highest BCUT2D eigenvalue weighted by Gasteiger charge is 2.22. The molecule has 0 unspecified atom stereocenters. The van der Waals surface area contributed by atoms with E-state index >= 15 is 0 Å². The maximum Gasteiger partial charge on any atom is 0.343 e. The number of fused-ring (bicyclic) bond motifs is 1. The van der Waals surface area contributed by atoms with Crippen LogP contribution in [0.15, 0.2) is 75.9 Å². The summed E-state index contributed by atoms with van der Waals surface area (Å²) in [6.07, 6.45) is 0. The van der Waals surface area contributed by atoms with Crippen LogP contribution in [0.4, 0.5) is 0 Å². The Hall–Kier alpha value is -2.79. The fourth-order valence-electron chi connectivity index (χ4n) is 2.81. The van der Waals surface area contributed by atoms with Crippen molar-refractivity contribution in [2.75, 3.05) is 0 Å². The Morgan fingerprint density at radius 1 is 0.862 bits per heavy atom. The summed E-state index contributed by atoms with van der Waals surface area (Å²) in [7, 11) is 0. The Bertz CT molecular complexity index is 1290. The summed E-state index contributed by atoms with van der Waals surface area (Å²) in [6, 6.07) is 17.5. The van der Waals surface area contributed by atoms with Crippen molar-refractivity contribution in [3.05, 3.63) is 97.6 Å². The number of halogens is 3. The number of carbonyl (C=O) groups excluding carboxylic acids is 1. The third-order valence-corrected chi connectivity index (χ3v) is 5.01. The molecule has 0 aliphatic heterocycles. The Morgan fingerprint density at radius 2 is 1.55 bits per heavy atom.